The Morgan fingerprint density at radius 2 is 2.21 bits per heavy atom. The summed E-state index contributed by atoms with van der Waals surface area (Å²) in [5.41, 5.74) is 5.37. The van der Waals surface area contributed by atoms with Crippen LogP contribution in [0.3, 0.4) is 0 Å². The molecule has 0 radical (unpaired) electrons. The van der Waals surface area contributed by atoms with E-state index in [2.05, 4.69) is 20.3 Å². The molecule has 1 atom stereocenters. The van der Waals surface area contributed by atoms with Gasteiger partial charge >= 0.3 is 0 Å². The van der Waals surface area contributed by atoms with Gasteiger partial charge in [0, 0.05) is 0 Å². The van der Waals surface area contributed by atoms with Gasteiger partial charge < -0.3 is 16.2 Å². The van der Waals surface area contributed by atoms with Crippen LogP contribution in [0.25, 0.3) is 0 Å². The molecule has 14 heavy (non-hydrogen) atoms. The number of nitrogens with zero attached hydrogens (tertiary/aromatic N) is 3. The van der Waals surface area contributed by atoms with Crippen LogP contribution in [0.2, 0.25) is 5.28 Å². The van der Waals surface area contributed by atoms with Crippen molar-refractivity contribution in [1.82, 2.24) is 15.0 Å². The number of aliphatic hydroxyl groups excluding tert-OH is 1. The summed E-state index contributed by atoms with van der Waals surface area (Å²) in [5.74, 6) is 0.337. The minimum absolute atomic E-state index is 0.000291. The highest BCUT2D eigenvalue weighted by atomic mass is 35.5. The Morgan fingerprint density at radius 1 is 1.50 bits per heavy atom. The molecule has 4 N–H and O–H groups in total. The maximum Gasteiger partial charge on any atom is 0.229 e. The Kier molecular flexibility index (Phi) is 3.84. The molecule has 1 aromatic rings. The average molecular weight is 218 g/mol. The summed E-state index contributed by atoms with van der Waals surface area (Å²) in [7, 11) is 0. The van der Waals surface area contributed by atoms with Crippen molar-refractivity contribution in [2.45, 2.75) is 19.4 Å². The lowest BCUT2D eigenvalue weighted by molar-refractivity contribution is 0.271. The summed E-state index contributed by atoms with van der Waals surface area (Å²) in [6, 6.07) is -0.104. The van der Waals surface area contributed by atoms with E-state index in [0.29, 0.717) is 0 Å². The Hall–Kier alpha value is -1.14. The molecule has 0 saturated carbocycles. The molecule has 1 heterocycles. The quantitative estimate of drug-likeness (QED) is 0.671. The lowest BCUT2D eigenvalue weighted by atomic mass is 10.2. The first kappa shape index (κ1) is 10.9. The third kappa shape index (κ3) is 2.97. The first-order valence-electron chi connectivity index (χ1n) is 4.20. The van der Waals surface area contributed by atoms with Crippen molar-refractivity contribution in [3.05, 3.63) is 5.28 Å². The summed E-state index contributed by atoms with van der Waals surface area (Å²) in [5, 5.41) is 11.8. The highest BCUT2D eigenvalue weighted by Gasteiger charge is 2.07. The third-order valence-electron chi connectivity index (χ3n) is 1.67. The van der Waals surface area contributed by atoms with Crippen LogP contribution in [-0.4, -0.2) is 32.7 Å². The van der Waals surface area contributed by atoms with Crippen LogP contribution in [-0.2, 0) is 0 Å². The fraction of sp³-hybridized carbons (Fsp3) is 0.571. The minimum atomic E-state index is -0.104. The van der Waals surface area contributed by atoms with Crippen molar-refractivity contribution in [2.75, 3.05) is 17.7 Å². The largest absolute Gasteiger partial charge is 0.394 e. The van der Waals surface area contributed by atoms with Crippen LogP contribution in [0.1, 0.15) is 13.3 Å². The SMILES string of the molecule is CCC(CO)Nc1nc(N)nc(Cl)n1. The molecule has 0 spiro atoms. The Bertz CT molecular complexity index is 284. The van der Waals surface area contributed by atoms with Gasteiger partial charge in [-0.05, 0) is 18.0 Å². The number of halogens is 1. The molecule has 0 aromatic carbocycles. The number of hydrogen-bond donors (Lipinski definition) is 3. The molecule has 78 valence electrons. The van der Waals surface area contributed by atoms with Crippen LogP contribution in [0, 0.1) is 0 Å². The van der Waals surface area contributed by atoms with Crippen molar-refractivity contribution >= 4 is 23.5 Å². The Balaban J connectivity index is 2.75. The van der Waals surface area contributed by atoms with Gasteiger partial charge in [0.2, 0.25) is 17.2 Å². The third-order valence-corrected chi connectivity index (χ3v) is 1.84. The summed E-state index contributed by atoms with van der Waals surface area (Å²) in [6.07, 6.45) is 0.750. The summed E-state index contributed by atoms with van der Waals surface area (Å²) < 4.78 is 0. The number of anilines is 2. The second kappa shape index (κ2) is 4.92. The first-order chi connectivity index (χ1) is 6.65. The molecule has 0 aliphatic heterocycles. The van der Waals surface area contributed by atoms with Gasteiger partial charge in [-0.15, -0.1) is 0 Å². The molecule has 0 saturated heterocycles. The normalized spacial score (nSPS) is 12.5. The molecule has 0 fully saturated rings. The van der Waals surface area contributed by atoms with Crippen molar-refractivity contribution < 1.29 is 5.11 Å². The number of aromatic nitrogens is 3. The van der Waals surface area contributed by atoms with Crippen LogP contribution >= 0.6 is 11.6 Å². The van der Waals surface area contributed by atoms with Crippen LogP contribution in [0.4, 0.5) is 11.9 Å². The van der Waals surface area contributed by atoms with Gasteiger partial charge in [0.1, 0.15) is 0 Å². The van der Waals surface area contributed by atoms with Gasteiger partial charge in [-0.2, -0.15) is 15.0 Å². The zero-order valence-electron chi connectivity index (χ0n) is 7.74. The minimum Gasteiger partial charge on any atom is -0.394 e. The van der Waals surface area contributed by atoms with E-state index in [1.807, 2.05) is 6.92 Å². The average Bonchev–Trinajstić information content (AvgIpc) is 2.12. The number of aliphatic hydroxyl groups is 1. The Morgan fingerprint density at radius 3 is 2.71 bits per heavy atom. The van der Waals surface area contributed by atoms with Gasteiger partial charge in [-0.3, -0.25) is 0 Å². The molecule has 0 bridgehead atoms. The van der Waals surface area contributed by atoms with Crippen LogP contribution in [0.5, 0.6) is 0 Å². The molecule has 1 unspecified atom stereocenters. The predicted octanol–water partition coefficient (Wildman–Crippen LogP) is 0.290. The second-order valence-corrected chi connectivity index (χ2v) is 3.06. The second-order valence-electron chi connectivity index (χ2n) is 2.72. The molecule has 7 heteroatoms. The smallest absolute Gasteiger partial charge is 0.229 e. The molecular formula is C7H12ClN5O. The van der Waals surface area contributed by atoms with E-state index in [9.17, 15) is 0 Å². The highest BCUT2D eigenvalue weighted by molar-refractivity contribution is 6.28. The highest BCUT2D eigenvalue weighted by Crippen LogP contribution is 2.08. The van der Waals surface area contributed by atoms with E-state index in [1.54, 1.807) is 0 Å². The maximum absolute atomic E-state index is 8.93. The van der Waals surface area contributed by atoms with E-state index in [0.717, 1.165) is 6.42 Å². The van der Waals surface area contributed by atoms with Crippen LogP contribution < -0.4 is 11.1 Å². The van der Waals surface area contributed by atoms with Crippen molar-refractivity contribution in [3.63, 3.8) is 0 Å². The number of nitrogens with one attached hydrogen (secondary N) is 1. The topological polar surface area (TPSA) is 97.0 Å². The van der Waals surface area contributed by atoms with E-state index < -0.39 is 0 Å². The van der Waals surface area contributed by atoms with Gasteiger partial charge in [0.05, 0.1) is 12.6 Å². The number of hydrogen-bond acceptors (Lipinski definition) is 6. The fourth-order valence-corrected chi connectivity index (χ4v) is 1.06. The number of rotatable bonds is 4. The monoisotopic (exact) mass is 217 g/mol. The summed E-state index contributed by atoms with van der Waals surface area (Å²) in [4.78, 5) is 11.2. The van der Waals surface area contributed by atoms with E-state index in [-0.39, 0.29) is 29.8 Å². The fourth-order valence-electron chi connectivity index (χ4n) is 0.889. The van der Waals surface area contributed by atoms with Crippen molar-refractivity contribution in [1.29, 1.82) is 0 Å². The molecule has 0 aliphatic carbocycles. The predicted molar refractivity (Wildman–Crippen MR) is 54.0 cm³/mol. The van der Waals surface area contributed by atoms with Crippen LogP contribution in [0.15, 0.2) is 0 Å². The number of nitrogens with two attached hydrogens (primary N) is 1. The Labute approximate surface area is 86.5 Å². The molecule has 1 rings (SSSR count). The van der Waals surface area contributed by atoms with Gasteiger partial charge in [0.25, 0.3) is 0 Å². The van der Waals surface area contributed by atoms with Gasteiger partial charge in [0.15, 0.2) is 0 Å². The van der Waals surface area contributed by atoms with E-state index in [4.69, 9.17) is 22.4 Å². The van der Waals surface area contributed by atoms with Gasteiger partial charge in [-0.1, -0.05) is 6.92 Å². The molecule has 0 amide bonds. The molecule has 0 aliphatic rings. The molecule has 1 aromatic heterocycles. The van der Waals surface area contributed by atoms with E-state index >= 15 is 0 Å². The van der Waals surface area contributed by atoms with E-state index in [1.165, 1.54) is 0 Å². The van der Waals surface area contributed by atoms with Gasteiger partial charge in [-0.25, -0.2) is 0 Å². The van der Waals surface area contributed by atoms with Crippen molar-refractivity contribution in [2.24, 2.45) is 0 Å². The lowest BCUT2D eigenvalue weighted by Gasteiger charge is -2.13. The lowest BCUT2D eigenvalue weighted by Crippen LogP contribution is -2.24. The maximum atomic E-state index is 8.93. The zero-order valence-corrected chi connectivity index (χ0v) is 8.49. The first-order valence-corrected chi connectivity index (χ1v) is 4.58. The molecule has 6 nitrogen and oxygen atoms in total. The zero-order chi connectivity index (χ0) is 10.6. The van der Waals surface area contributed by atoms with Crippen molar-refractivity contribution in [3.8, 4) is 0 Å². The molecular weight excluding hydrogens is 206 g/mol. The summed E-state index contributed by atoms with van der Waals surface area (Å²) >= 11 is 5.58. The standard InChI is InChI=1S/C7H12ClN5O/c1-2-4(3-14)10-7-12-5(8)11-6(9)13-7/h4,14H,2-3H2,1H3,(H3,9,10,11,12,13). The summed E-state index contributed by atoms with van der Waals surface area (Å²) in [6.45, 7) is 1.93. The number of nitrogen functional groups attached to an aromatic ring is 1.